The molecule has 0 radical (unpaired) electrons. The van der Waals surface area contributed by atoms with Crippen molar-refractivity contribution in [2.75, 3.05) is 5.32 Å². The maximum absolute atomic E-state index is 11.8. The van der Waals surface area contributed by atoms with Gasteiger partial charge in [-0.2, -0.15) is 0 Å². The predicted molar refractivity (Wildman–Crippen MR) is 86.4 cm³/mol. The summed E-state index contributed by atoms with van der Waals surface area (Å²) in [5.41, 5.74) is 1.17. The van der Waals surface area contributed by atoms with Crippen molar-refractivity contribution in [2.24, 2.45) is 0 Å². The lowest BCUT2D eigenvalue weighted by Gasteiger charge is -2.03. The number of nitrogens with one attached hydrogen (secondary N) is 1. The van der Waals surface area contributed by atoms with Crippen LogP contribution in [0.5, 0.6) is 0 Å². The Hall–Kier alpha value is -3.00. The number of anilines is 1. The molecule has 2 aromatic rings. The molecule has 23 heavy (non-hydrogen) atoms. The first-order chi connectivity index (χ1) is 10.9. The van der Waals surface area contributed by atoms with Crippen molar-refractivity contribution in [1.82, 2.24) is 0 Å². The molecule has 0 saturated heterocycles. The average Bonchev–Trinajstić information content (AvgIpc) is 2.96. The molecule has 0 atom stereocenters. The number of nitrogens with zero attached hydrogens (tertiary/aromatic N) is 1. The van der Waals surface area contributed by atoms with Crippen LogP contribution in [0.4, 0.5) is 10.7 Å². The third kappa shape index (κ3) is 5.04. The number of benzene rings is 1. The number of hydrogen-bond donors (Lipinski definition) is 2. The van der Waals surface area contributed by atoms with Gasteiger partial charge in [0, 0.05) is 22.7 Å². The van der Waals surface area contributed by atoms with Gasteiger partial charge >= 0.3 is 11.0 Å². The van der Waals surface area contributed by atoms with E-state index in [0.29, 0.717) is 16.1 Å². The molecule has 118 valence electrons. The van der Waals surface area contributed by atoms with E-state index in [2.05, 4.69) is 5.32 Å². The van der Waals surface area contributed by atoms with Gasteiger partial charge in [-0.15, -0.1) is 0 Å². The summed E-state index contributed by atoms with van der Waals surface area (Å²) < 4.78 is 0. The Morgan fingerprint density at radius 2 is 1.91 bits per heavy atom. The molecule has 1 aromatic heterocycles. The first kappa shape index (κ1) is 16.4. The Balaban J connectivity index is 1.94. The Kier molecular flexibility index (Phi) is 5.21. The molecule has 0 aliphatic carbocycles. The van der Waals surface area contributed by atoms with Crippen LogP contribution in [0, 0.1) is 10.1 Å². The molecule has 0 fully saturated rings. The van der Waals surface area contributed by atoms with E-state index in [1.165, 1.54) is 18.2 Å². The molecule has 0 bridgehead atoms. The molecule has 2 rings (SSSR count). The summed E-state index contributed by atoms with van der Waals surface area (Å²) in [6.07, 6.45) is 2.69. The van der Waals surface area contributed by atoms with Gasteiger partial charge in [0.25, 0.3) is 0 Å². The molecule has 0 spiro atoms. The Bertz CT molecular complexity index is 764. The number of carbonyl (C=O) groups is 2. The SMILES string of the molecule is O=C(O)Cc1ccc(NC(=O)/C=C/c2ccc([N+](=O)[O-])s2)cc1. The highest BCUT2D eigenvalue weighted by molar-refractivity contribution is 7.16. The van der Waals surface area contributed by atoms with E-state index in [1.807, 2.05) is 0 Å². The minimum absolute atomic E-state index is 0.0130. The number of nitro groups is 1. The van der Waals surface area contributed by atoms with Crippen molar-refractivity contribution >= 4 is 40.0 Å². The molecule has 2 N–H and O–H groups in total. The van der Waals surface area contributed by atoms with E-state index in [4.69, 9.17) is 5.11 Å². The van der Waals surface area contributed by atoms with Crippen molar-refractivity contribution < 1.29 is 19.6 Å². The van der Waals surface area contributed by atoms with Gasteiger partial charge in [-0.25, -0.2) is 0 Å². The highest BCUT2D eigenvalue weighted by atomic mass is 32.1. The summed E-state index contributed by atoms with van der Waals surface area (Å²) in [4.78, 5) is 33.0. The molecule has 1 heterocycles. The van der Waals surface area contributed by atoms with Gasteiger partial charge in [0.05, 0.1) is 11.3 Å². The fourth-order valence-electron chi connectivity index (χ4n) is 1.75. The van der Waals surface area contributed by atoms with Crippen LogP contribution in [-0.4, -0.2) is 21.9 Å². The summed E-state index contributed by atoms with van der Waals surface area (Å²) in [5.74, 6) is -1.30. The molecule has 0 saturated carbocycles. The number of rotatable bonds is 6. The molecule has 1 aromatic carbocycles. The second-order valence-corrected chi connectivity index (χ2v) is 5.62. The zero-order chi connectivity index (χ0) is 16.8. The maximum atomic E-state index is 11.8. The van der Waals surface area contributed by atoms with Gasteiger partial charge in [-0.1, -0.05) is 23.5 Å². The number of amides is 1. The van der Waals surface area contributed by atoms with Gasteiger partial charge in [-0.3, -0.25) is 19.7 Å². The minimum atomic E-state index is -0.922. The smallest absolute Gasteiger partial charge is 0.324 e. The van der Waals surface area contributed by atoms with E-state index in [0.717, 1.165) is 11.3 Å². The Morgan fingerprint density at radius 1 is 1.22 bits per heavy atom. The number of carboxylic acid groups (broad SMARTS) is 1. The van der Waals surface area contributed by atoms with Crippen LogP contribution in [0.3, 0.4) is 0 Å². The summed E-state index contributed by atoms with van der Waals surface area (Å²) in [5, 5.41) is 21.9. The van der Waals surface area contributed by atoms with Crippen molar-refractivity contribution in [2.45, 2.75) is 6.42 Å². The van der Waals surface area contributed by atoms with E-state index < -0.39 is 10.9 Å². The molecule has 7 nitrogen and oxygen atoms in total. The Morgan fingerprint density at radius 3 is 2.48 bits per heavy atom. The largest absolute Gasteiger partial charge is 0.481 e. The van der Waals surface area contributed by atoms with Gasteiger partial charge in [0.2, 0.25) is 5.91 Å². The minimum Gasteiger partial charge on any atom is -0.481 e. The summed E-state index contributed by atoms with van der Waals surface area (Å²) >= 11 is 0.975. The maximum Gasteiger partial charge on any atom is 0.324 e. The van der Waals surface area contributed by atoms with E-state index in [1.54, 1.807) is 30.3 Å². The van der Waals surface area contributed by atoms with Crippen molar-refractivity contribution in [3.63, 3.8) is 0 Å². The number of hydrogen-bond acceptors (Lipinski definition) is 5. The van der Waals surface area contributed by atoms with Crippen LogP contribution in [0.15, 0.2) is 42.5 Å². The predicted octanol–water partition coefficient (Wildman–Crippen LogP) is 2.94. The normalized spacial score (nSPS) is 10.6. The highest BCUT2D eigenvalue weighted by Crippen LogP contribution is 2.24. The summed E-state index contributed by atoms with van der Waals surface area (Å²) in [6, 6.07) is 9.41. The van der Waals surface area contributed by atoms with Crippen molar-refractivity contribution in [3.8, 4) is 0 Å². The monoisotopic (exact) mass is 332 g/mol. The van der Waals surface area contributed by atoms with Crippen LogP contribution in [0.1, 0.15) is 10.4 Å². The molecule has 8 heteroatoms. The van der Waals surface area contributed by atoms with Gasteiger partial charge in [-0.05, 0) is 29.8 Å². The first-order valence-electron chi connectivity index (χ1n) is 6.48. The topological polar surface area (TPSA) is 110 Å². The quantitative estimate of drug-likeness (QED) is 0.480. The third-order valence-electron chi connectivity index (χ3n) is 2.77. The second kappa shape index (κ2) is 7.32. The first-order valence-corrected chi connectivity index (χ1v) is 7.30. The van der Waals surface area contributed by atoms with E-state index in [-0.39, 0.29) is 17.3 Å². The van der Waals surface area contributed by atoms with Crippen molar-refractivity contribution in [3.05, 3.63) is 63.0 Å². The molecular weight excluding hydrogens is 320 g/mol. The Labute approximate surface area is 135 Å². The van der Waals surface area contributed by atoms with E-state index in [9.17, 15) is 19.7 Å². The van der Waals surface area contributed by atoms with Crippen LogP contribution in [0.25, 0.3) is 6.08 Å². The zero-order valence-electron chi connectivity index (χ0n) is 11.8. The standard InChI is InChI=1S/C15H12N2O5S/c18-13(7-5-12-6-8-14(23-12)17(21)22)16-11-3-1-10(2-4-11)9-15(19)20/h1-8H,9H2,(H,16,18)(H,19,20)/b7-5+. The summed E-state index contributed by atoms with van der Waals surface area (Å²) in [6.45, 7) is 0. The second-order valence-electron chi connectivity index (χ2n) is 4.52. The molecule has 0 aliphatic rings. The lowest BCUT2D eigenvalue weighted by Crippen LogP contribution is -2.07. The van der Waals surface area contributed by atoms with Crippen LogP contribution in [0.2, 0.25) is 0 Å². The van der Waals surface area contributed by atoms with Crippen LogP contribution < -0.4 is 5.32 Å². The molecule has 0 aliphatic heterocycles. The van der Waals surface area contributed by atoms with Crippen molar-refractivity contribution in [1.29, 1.82) is 0 Å². The lowest BCUT2D eigenvalue weighted by atomic mass is 10.1. The average molecular weight is 332 g/mol. The lowest BCUT2D eigenvalue weighted by molar-refractivity contribution is -0.380. The molecule has 0 unspecified atom stereocenters. The number of carboxylic acids is 1. The third-order valence-corrected chi connectivity index (χ3v) is 3.77. The highest BCUT2D eigenvalue weighted by Gasteiger charge is 2.08. The van der Waals surface area contributed by atoms with Gasteiger partial charge in [0.15, 0.2) is 0 Å². The number of carbonyl (C=O) groups excluding carboxylic acids is 1. The summed E-state index contributed by atoms with van der Waals surface area (Å²) in [7, 11) is 0. The number of aliphatic carboxylic acids is 1. The van der Waals surface area contributed by atoms with Crippen LogP contribution in [-0.2, 0) is 16.0 Å². The van der Waals surface area contributed by atoms with Gasteiger partial charge < -0.3 is 10.4 Å². The fraction of sp³-hybridized carbons (Fsp3) is 0.0667. The molecular formula is C15H12N2O5S. The number of thiophene rings is 1. The fourth-order valence-corrected chi connectivity index (χ4v) is 2.48. The van der Waals surface area contributed by atoms with E-state index >= 15 is 0 Å². The van der Waals surface area contributed by atoms with Gasteiger partial charge in [0.1, 0.15) is 0 Å². The zero-order valence-corrected chi connectivity index (χ0v) is 12.6. The molecule has 1 amide bonds. The van der Waals surface area contributed by atoms with Crippen LogP contribution >= 0.6 is 11.3 Å².